The highest BCUT2D eigenvalue weighted by atomic mass is 79.9. The van der Waals surface area contributed by atoms with Gasteiger partial charge in [-0.2, -0.15) is 0 Å². The van der Waals surface area contributed by atoms with Crippen LogP contribution in [0.4, 0.5) is 0 Å². The van der Waals surface area contributed by atoms with E-state index in [1.165, 1.54) is 13.0 Å². The number of aromatic hydroxyl groups is 1. The van der Waals surface area contributed by atoms with Crippen LogP contribution in [-0.4, -0.2) is 24.0 Å². The molecule has 0 spiro atoms. The van der Waals surface area contributed by atoms with Crippen LogP contribution in [0.2, 0.25) is 0 Å². The molecule has 0 radical (unpaired) electrons. The van der Waals surface area contributed by atoms with Crippen LogP contribution < -0.4 is 4.74 Å². The van der Waals surface area contributed by atoms with E-state index in [9.17, 15) is 14.7 Å². The van der Waals surface area contributed by atoms with E-state index >= 15 is 0 Å². The van der Waals surface area contributed by atoms with Gasteiger partial charge in [-0.1, -0.05) is 0 Å². The molecule has 0 saturated heterocycles. The Hall–Kier alpha value is -2.34. The lowest BCUT2D eigenvalue weighted by Gasteiger charge is -2.10. The quantitative estimate of drug-likeness (QED) is 0.636. The summed E-state index contributed by atoms with van der Waals surface area (Å²) in [5, 5.41) is 10.2. The second-order valence-corrected chi connectivity index (χ2v) is 5.66. The van der Waals surface area contributed by atoms with Crippen LogP contribution >= 0.6 is 15.9 Å². The molecule has 2 aromatic rings. The zero-order chi connectivity index (χ0) is 17.0. The van der Waals surface area contributed by atoms with E-state index in [0.717, 1.165) is 0 Å². The van der Waals surface area contributed by atoms with Crippen molar-refractivity contribution in [3.05, 3.63) is 57.6 Å². The number of carbonyl (C=O) groups excluding carboxylic acids is 2. The Balaban J connectivity index is 2.31. The van der Waals surface area contributed by atoms with Crippen molar-refractivity contribution in [2.45, 2.75) is 13.5 Å². The van der Waals surface area contributed by atoms with Gasteiger partial charge in [0.2, 0.25) is 0 Å². The normalized spacial score (nSPS) is 10.2. The van der Waals surface area contributed by atoms with Crippen LogP contribution in [0, 0.1) is 0 Å². The Bertz CT molecular complexity index is 714. The van der Waals surface area contributed by atoms with E-state index in [1.807, 2.05) is 0 Å². The molecule has 0 aliphatic rings. The molecule has 0 unspecified atom stereocenters. The fraction of sp³-hybridized carbons (Fsp3) is 0.176. The highest BCUT2D eigenvalue weighted by molar-refractivity contribution is 9.10. The summed E-state index contributed by atoms with van der Waals surface area (Å²) in [7, 11) is 1.54. The molecule has 2 aromatic carbocycles. The van der Waals surface area contributed by atoms with Crippen molar-refractivity contribution in [3.63, 3.8) is 0 Å². The predicted molar refractivity (Wildman–Crippen MR) is 87.7 cm³/mol. The SMILES string of the molecule is COc1ccc(C(=O)c2c(O)cc(COC(C)=O)cc2Br)cc1. The van der Waals surface area contributed by atoms with Crippen molar-refractivity contribution in [2.75, 3.05) is 7.11 Å². The predicted octanol–water partition coefficient (Wildman–Crippen LogP) is 3.46. The van der Waals surface area contributed by atoms with E-state index in [4.69, 9.17) is 9.47 Å². The van der Waals surface area contributed by atoms with Crippen molar-refractivity contribution in [1.82, 2.24) is 0 Å². The molecule has 0 heterocycles. The summed E-state index contributed by atoms with van der Waals surface area (Å²) in [6.07, 6.45) is 0. The van der Waals surface area contributed by atoms with Crippen LogP contribution in [0.5, 0.6) is 11.5 Å². The number of ether oxygens (including phenoxy) is 2. The lowest BCUT2D eigenvalue weighted by Crippen LogP contribution is -2.05. The molecule has 5 nitrogen and oxygen atoms in total. The maximum absolute atomic E-state index is 12.5. The molecule has 0 atom stereocenters. The van der Waals surface area contributed by atoms with Crippen LogP contribution in [0.15, 0.2) is 40.9 Å². The topological polar surface area (TPSA) is 72.8 Å². The Morgan fingerprint density at radius 1 is 1.17 bits per heavy atom. The van der Waals surface area contributed by atoms with Gasteiger partial charge in [0, 0.05) is 17.0 Å². The smallest absolute Gasteiger partial charge is 0.302 e. The van der Waals surface area contributed by atoms with Crippen LogP contribution in [0.3, 0.4) is 0 Å². The van der Waals surface area contributed by atoms with E-state index in [0.29, 0.717) is 21.3 Å². The van der Waals surface area contributed by atoms with E-state index < -0.39 is 5.97 Å². The second-order valence-electron chi connectivity index (χ2n) is 4.81. The highest BCUT2D eigenvalue weighted by Gasteiger charge is 2.18. The molecule has 0 saturated carbocycles. The summed E-state index contributed by atoms with van der Waals surface area (Å²) < 4.78 is 10.4. The molecule has 0 bridgehead atoms. The van der Waals surface area contributed by atoms with Crippen molar-refractivity contribution < 1.29 is 24.2 Å². The lowest BCUT2D eigenvalue weighted by molar-refractivity contribution is -0.142. The average Bonchev–Trinajstić information content (AvgIpc) is 2.52. The maximum Gasteiger partial charge on any atom is 0.302 e. The Kier molecular flexibility index (Phi) is 5.39. The van der Waals surface area contributed by atoms with Crippen molar-refractivity contribution in [2.24, 2.45) is 0 Å². The fourth-order valence-electron chi connectivity index (χ4n) is 2.03. The van der Waals surface area contributed by atoms with Crippen molar-refractivity contribution in [1.29, 1.82) is 0 Å². The first-order valence-electron chi connectivity index (χ1n) is 6.76. The maximum atomic E-state index is 12.5. The first-order chi connectivity index (χ1) is 10.9. The molecule has 23 heavy (non-hydrogen) atoms. The number of hydrogen-bond acceptors (Lipinski definition) is 5. The molecule has 6 heteroatoms. The average molecular weight is 379 g/mol. The summed E-state index contributed by atoms with van der Waals surface area (Å²) >= 11 is 3.29. The number of hydrogen-bond donors (Lipinski definition) is 1. The molecule has 2 rings (SSSR count). The van der Waals surface area contributed by atoms with Gasteiger partial charge in [0.05, 0.1) is 12.7 Å². The lowest BCUT2D eigenvalue weighted by atomic mass is 10.0. The fourth-order valence-corrected chi connectivity index (χ4v) is 2.70. The molecule has 120 valence electrons. The summed E-state index contributed by atoms with van der Waals surface area (Å²) in [6, 6.07) is 9.64. The Morgan fingerprint density at radius 3 is 2.35 bits per heavy atom. The molecular weight excluding hydrogens is 364 g/mol. The highest BCUT2D eigenvalue weighted by Crippen LogP contribution is 2.31. The minimum atomic E-state index is -0.418. The van der Waals surface area contributed by atoms with Gasteiger partial charge in [-0.15, -0.1) is 0 Å². The Morgan fingerprint density at radius 2 is 1.83 bits per heavy atom. The van der Waals surface area contributed by atoms with Gasteiger partial charge in [-0.25, -0.2) is 0 Å². The van der Waals surface area contributed by atoms with Gasteiger partial charge in [0.1, 0.15) is 18.1 Å². The van der Waals surface area contributed by atoms with Gasteiger partial charge < -0.3 is 14.6 Å². The number of rotatable bonds is 5. The monoisotopic (exact) mass is 378 g/mol. The molecule has 0 amide bonds. The zero-order valence-electron chi connectivity index (χ0n) is 12.6. The number of phenols is 1. The van der Waals surface area contributed by atoms with Crippen LogP contribution in [0.25, 0.3) is 0 Å². The third-order valence-corrected chi connectivity index (χ3v) is 3.78. The molecule has 0 fully saturated rings. The standard InChI is InChI=1S/C17H15BrO5/c1-10(19)23-9-11-7-14(18)16(15(20)8-11)17(21)12-3-5-13(22-2)6-4-12/h3-8,20H,9H2,1-2H3. The number of methoxy groups -OCH3 is 1. The van der Waals surface area contributed by atoms with Crippen molar-refractivity contribution in [3.8, 4) is 11.5 Å². The minimum Gasteiger partial charge on any atom is -0.507 e. The number of halogens is 1. The molecule has 0 aromatic heterocycles. The van der Waals surface area contributed by atoms with E-state index in [2.05, 4.69) is 15.9 Å². The van der Waals surface area contributed by atoms with Gasteiger partial charge in [0.15, 0.2) is 5.78 Å². The third-order valence-electron chi connectivity index (χ3n) is 3.15. The third kappa shape index (κ3) is 4.10. The summed E-state index contributed by atoms with van der Waals surface area (Å²) in [6.45, 7) is 1.33. The number of carbonyl (C=O) groups is 2. The molecule has 1 N–H and O–H groups in total. The van der Waals surface area contributed by atoms with Gasteiger partial charge in [-0.3, -0.25) is 9.59 Å². The number of benzene rings is 2. The second kappa shape index (κ2) is 7.28. The summed E-state index contributed by atoms with van der Waals surface area (Å²) in [4.78, 5) is 23.4. The van der Waals surface area contributed by atoms with Gasteiger partial charge >= 0.3 is 5.97 Å². The first-order valence-corrected chi connectivity index (χ1v) is 7.55. The summed E-state index contributed by atoms with van der Waals surface area (Å²) in [5.74, 6) is -0.279. The van der Waals surface area contributed by atoms with Gasteiger partial charge in [-0.05, 0) is 57.9 Å². The number of ketones is 1. The largest absolute Gasteiger partial charge is 0.507 e. The van der Waals surface area contributed by atoms with Gasteiger partial charge in [0.25, 0.3) is 0 Å². The summed E-state index contributed by atoms with van der Waals surface area (Å²) in [5.41, 5.74) is 1.16. The minimum absolute atomic E-state index is 0.0263. The number of phenolic OH excluding ortho intramolecular Hbond substituents is 1. The van der Waals surface area contributed by atoms with Crippen molar-refractivity contribution >= 4 is 27.7 Å². The number of esters is 1. The Labute approximate surface area is 142 Å². The van der Waals surface area contributed by atoms with E-state index in [1.54, 1.807) is 37.4 Å². The van der Waals surface area contributed by atoms with Crippen LogP contribution in [0.1, 0.15) is 28.4 Å². The molecule has 0 aliphatic heterocycles. The first kappa shape index (κ1) is 17.0. The molecule has 0 aliphatic carbocycles. The molecular formula is C17H15BrO5. The van der Waals surface area contributed by atoms with E-state index in [-0.39, 0.29) is 23.7 Å². The van der Waals surface area contributed by atoms with Crippen LogP contribution in [-0.2, 0) is 16.1 Å². The zero-order valence-corrected chi connectivity index (χ0v) is 14.2.